The Morgan fingerprint density at radius 3 is 2.94 bits per heavy atom. The van der Waals surface area contributed by atoms with Crippen LogP contribution in [-0.4, -0.2) is 69.0 Å². The largest absolute Gasteiger partial charge is 0.496 e. The van der Waals surface area contributed by atoms with Crippen molar-refractivity contribution in [2.75, 3.05) is 52.3 Å². The number of morpholine rings is 1. The molecule has 0 saturated carbocycles. The molecule has 0 spiro atoms. The lowest BCUT2D eigenvalue weighted by Crippen LogP contribution is -2.38. The Morgan fingerprint density at radius 1 is 1.35 bits per heavy atom. The van der Waals surface area contributed by atoms with Crippen LogP contribution in [0.1, 0.15) is 24.8 Å². The molecule has 0 aliphatic carbocycles. The van der Waals surface area contributed by atoms with Gasteiger partial charge in [0.15, 0.2) is 5.96 Å². The topological polar surface area (TPSA) is 89.2 Å². The average Bonchev–Trinajstić information content (AvgIpc) is 3.25. The maximum atomic E-state index is 12.7. The van der Waals surface area contributed by atoms with E-state index in [0.717, 1.165) is 90.5 Å². The second kappa shape index (κ2) is 12.5. The zero-order chi connectivity index (χ0) is 22.1. The van der Waals surface area contributed by atoms with Gasteiger partial charge in [0, 0.05) is 42.0 Å². The number of hydrogen-bond acceptors (Lipinski definition) is 6. The Kier molecular flexibility index (Phi) is 9.70. The summed E-state index contributed by atoms with van der Waals surface area (Å²) in [7, 11) is 1.68. The maximum Gasteiger partial charge on any atom is 0.254 e. The van der Waals surface area contributed by atoms with Crippen LogP contribution in [0.25, 0.3) is 0 Å². The molecule has 31 heavy (non-hydrogen) atoms. The molecule has 2 aliphatic heterocycles. The number of carbonyl (C=O) groups is 1. The fourth-order valence-corrected chi connectivity index (χ4v) is 5.28. The molecular weight excluding hydrogens is 480 g/mol. The first kappa shape index (κ1) is 24.1. The first-order valence-electron chi connectivity index (χ1n) is 10.7. The zero-order valence-corrected chi connectivity index (χ0v) is 20.4. The summed E-state index contributed by atoms with van der Waals surface area (Å²) < 4.78 is 11.8. The van der Waals surface area contributed by atoms with E-state index < -0.39 is 0 Å². The van der Waals surface area contributed by atoms with Crippen molar-refractivity contribution >= 4 is 39.6 Å². The lowest BCUT2D eigenvalue weighted by Gasteiger charge is -2.26. The number of rotatable bonds is 9. The first-order valence-corrected chi connectivity index (χ1v) is 12.4. The lowest BCUT2D eigenvalue weighted by molar-refractivity contribution is -0.116. The molecule has 170 valence electrons. The summed E-state index contributed by atoms with van der Waals surface area (Å²) in [5.74, 6) is 1.86. The van der Waals surface area contributed by atoms with Crippen LogP contribution in [0.5, 0.6) is 5.75 Å². The van der Waals surface area contributed by atoms with Crippen molar-refractivity contribution in [1.29, 1.82) is 0 Å². The zero-order valence-electron chi connectivity index (χ0n) is 18.0. The minimum atomic E-state index is -0.129. The lowest BCUT2D eigenvalue weighted by atomic mass is 10.1. The van der Waals surface area contributed by atoms with Crippen molar-refractivity contribution in [3.05, 3.63) is 38.7 Å². The van der Waals surface area contributed by atoms with Crippen molar-refractivity contribution in [2.45, 2.75) is 25.7 Å². The van der Waals surface area contributed by atoms with Crippen molar-refractivity contribution in [3.63, 3.8) is 0 Å². The van der Waals surface area contributed by atoms with Gasteiger partial charge in [-0.3, -0.25) is 20.0 Å². The molecular formula is C22H31BrN4O3S. The molecule has 0 radical (unpaired) electrons. The van der Waals surface area contributed by atoms with E-state index in [1.54, 1.807) is 18.9 Å². The molecule has 2 aliphatic rings. The number of ether oxygens (including phenoxy) is 2. The van der Waals surface area contributed by atoms with Crippen LogP contribution in [0.15, 0.2) is 38.1 Å². The van der Waals surface area contributed by atoms with Gasteiger partial charge >= 0.3 is 0 Å². The van der Waals surface area contributed by atoms with Crippen molar-refractivity contribution in [3.8, 4) is 5.75 Å². The molecule has 1 saturated heterocycles. The number of allylic oxidation sites excluding steroid dienone is 1. The number of thioether (sulfide) groups is 1. The monoisotopic (exact) mass is 510 g/mol. The van der Waals surface area contributed by atoms with Gasteiger partial charge in [0.25, 0.3) is 5.91 Å². The van der Waals surface area contributed by atoms with Gasteiger partial charge in [-0.1, -0.05) is 15.9 Å². The third-order valence-corrected chi connectivity index (χ3v) is 7.06. The molecule has 3 N–H and O–H groups in total. The Labute approximate surface area is 196 Å². The predicted molar refractivity (Wildman–Crippen MR) is 130 cm³/mol. The number of hydrogen-bond donors (Lipinski definition) is 2. The summed E-state index contributed by atoms with van der Waals surface area (Å²) in [4.78, 5) is 20.5. The molecule has 0 unspecified atom stereocenters. The number of amides is 1. The van der Waals surface area contributed by atoms with Crippen molar-refractivity contribution in [1.82, 2.24) is 10.2 Å². The number of benzene rings is 1. The fraction of sp³-hybridized carbons (Fsp3) is 0.545. The number of methoxy groups -OCH3 is 1. The van der Waals surface area contributed by atoms with Crippen LogP contribution in [0.4, 0.5) is 0 Å². The number of nitrogens with two attached hydrogens (primary N) is 1. The van der Waals surface area contributed by atoms with E-state index in [-0.39, 0.29) is 11.9 Å². The molecule has 1 aromatic rings. The SMILES string of the molecule is COc1ccc(Br)cc1CCC1=C(C(=O)NC(N)=NCCCN2CCOCC2)CCS1. The molecule has 9 heteroatoms. The summed E-state index contributed by atoms with van der Waals surface area (Å²) in [5, 5.41) is 2.77. The minimum Gasteiger partial charge on any atom is -0.496 e. The van der Waals surface area contributed by atoms with E-state index in [1.165, 1.54) is 0 Å². The molecule has 0 bridgehead atoms. The Hall–Kier alpha value is -1.55. The van der Waals surface area contributed by atoms with Crippen LogP contribution in [0.2, 0.25) is 0 Å². The van der Waals surface area contributed by atoms with E-state index in [1.807, 2.05) is 12.1 Å². The average molecular weight is 511 g/mol. The Bertz CT molecular complexity index is 825. The van der Waals surface area contributed by atoms with Crippen LogP contribution >= 0.6 is 27.7 Å². The van der Waals surface area contributed by atoms with Gasteiger partial charge in [-0.05, 0) is 54.4 Å². The third-order valence-electron chi connectivity index (χ3n) is 5.36. The summed E-state index contributed by atoms with van der Waals surface area (Å²) in [6.45, 7) is 5.11. The summed E-state index contributed by atoms with van der Waals surface area (Å²) in [5.41, 5.74) is 7.91. The normalized spacial score (nSPS) is 17.8. The Morgan fingerprint density at radius 2 is 2.16 bits per heavy atom. The molecule has 7 nitrogen and oxygen atoms in total. The van der Waals surface area contributed by atoms with E-state index in [9.17, 15) is 4.79 Å². The van der Waals surface area contributed by atoms with Gasteiger partial charge in [-0.2, -0.15) is 0 Å². The van der Waals surface area contributed by atoms with E-state index in [2.05, 4.69) is 37.2 Å². The molecule has 0 aromatic heterocycles. The summed E-state index contributed by atoms with van der Waals surface area (Å²) >= 11 is 5.27. The van der Waals surface area contributed by atoms with E-state index in [0.29, 0.717) is 6.54 Å². The number of halogens is 1. The van der Waals surface area contributed by atoms with Gasteiger partial charge in [0.2, 0.25) is 0 Å². The summed E-state index contributed by atoms with van der Waals surface area (Å²) in [6, 6.07) is 5.99. The maximum absolute atomic E-state index is 12.7. The second-order valence-electron chi connectivity index (χ2n) is 7.49. The molecule has 3 rings (SSSR count). The summed E-state index contributed by atoms with van der Waals surface area (Å²) in [6.07, 6.45) is 3.28. The number of aryl methyl sites for hydroxylation is 1. The predicted octanol–water partition coefficient (Wildman–Crippen LogP) is 2.93. The van der Waals surface area contributed by atoms with Gasteiger partial charge in [-0.25, -0.2) is 0 Å². The van der Waals surface area contributed by atoms with Crippen LogP contribution in [0.3, 0.4) is 0 Å². The van der Waals surface area contributed by atoms with Crippen LogP contribution in [0, 0.1) is 0 Å². The van der Waals surface area contributed by atoms with E-state index >= 15 is 0 Å². The smallest absolute Gasteiger partial charge is 0.254 e. The quantitative estimate of drug-likeness (QED) is 0.301. The number of nitrogens with one attached hydrogen (secondary N) is 1. The number of carbonyl (C=O) groups excluding carboxylic acids is 1. The fourth-order valence-electron chi connectivity index (χ4n) is 3.71. The molecule has 2 heterocycles. The number of nitrogens with zero attached hydrogens (tertiary/aromatic N) is 2. The second-order valence-corrected chi connectivity index (χ2v) is 9.59. The van der Waals surface area contributed by atoms with Gasteiger partial charge in [0.1, 0.15) is 5.75 Å². The van der Waals surface area contributed by atoms with Gasteiger partial charge in [0.05, 0.1) is 20.3 Å². The van der Waals surface area contributed by atoms with Gasteiger partial charge < -0.3 is 15.2 Å². The molecule has 1 amide bonds. The highest BCUT2D eigenvalue weighted by Crippen LogP contribution is 2.36. The molecule has 1 fully saturated rings. The van der Waals surface area contributed by atoms with E-state index in [4.69, 9.17) is 15.2 Å². The van der Waals surface area contributed by atoms with Gasteiger partial charge in [-0.15, -0.1) is 11.8 Å². The van der Waals surface area contributed by atoms with Crippen LogP contribution in [-0.2, 0) is 16.0 Å². The highest BCUT2D eigenvalue weighted by Gasteiger charge is 2.22. The van der Waals surface area contributed by atoms with Crippen LogP contribution < -0.4 is 15.8 Å². The Balaban J connectivity index is 1.49. The standard InChI is InChI=1S/C22H31BrN4O3S/c1-29-19-5-4-17(23)15-16(19)3-6-20-18(7-14-31-20)21(28)26-22(24)25-8-2-9-27-10-12-30-13-11-27/h4-5,15H,2-3,6-14H2,1H3,(H3,24,25,26,28). The van der Waals surface area contributed by atoms with Crippen molar-refractivity contribution < 1.29 is 14.3 Å². The minimum absolute atomic E-state index is 0.129. The molecule has 1 aromatic carbocycles. The third kappa shape index (κ3) is 7.52. The highest BCUT2D eigenvalue weighted by atomic mass is 79.9. The van der Waals surface area contributed by atoms with Crippen molar-refractivity contribution in [2.24, 2.45) is 10.7 Å². The number of aliphatic imine (C=N–C) groups is 1. The highest BCUT2D eigenvalue weighted by molar-refractivity contribution is 9.10. The number of guanidine groups is 1. The molecule has 0 atom stereocenters. The first-order chi connectivity index (χ1) is 15.1.